The molecule has 0 aliphatic heterocycles. The van der Waals surface area contributed by atoms with Crippen LogP contribution in [-0.2, 0) is 17.8 Å². The molecule has 3 N–H and O–H groups in total. The number of hydrogen-bond donors (Lipinski definition) is 2. The molecule has 0 spiro atoms. The third kappa shape index (κ3) is 4.43. The number of methoxy groups -OCH3 is 1. The fraction of sp³-hybridized carbons (Fsp3) is 0.227. The molecule has 0 radical (unpaired) electrons. The number of carbonyl (C=O) groups excluding carboxylic acids is 1. The lowest BCUT2D eigenvalue weighted by Crippen LogP contribution is -2.41. The Labute approximate surface area is 173 Å². The lowest BCUT2D eigenvalue weighted by molar-refractivity contribution is -0.117. The smallest absolute Gasteiger partial charge is 0.330 e. The summed E-state index contributed by atoms with van der Waals surface area (Å²) in [6.45, 7) is 2.16. The number of nitrogens with two attached hydrogens (primary N) is 1. The largest absolute Gasteiger partial charge is 0.497 e. The number of aromatic nitrogens is 2. The first kappa shape index (κ1) is 20.9. The van der Waals surface area contributed by atoms with Crippen LogP contribution >= 0.6 is 0 Å². The summed E-state index contributed by atoms with van der Waals surface area (Å²) in [5.74, 6) is 0.342. The molecule has 0 aliphatic carbocycles. The summed E-state index contributed by atoms with van der Waals surface area (Å²) >= 11 is 0. The fourth-order valence-corrected chi connectivity index (χ4v) is 3.23. The van der Waals surface area contributed by atoms with Crippen LogP contribution in [0.4, 0.5) is 11.5 Å². The fourth-order valence-electron chi connectivity index (χ4n) is 3.23. The van der Waals surface area contributed by atoms with E-state index in [0.29, 0.717) is 5.75 Å². The molecule has 8 nitrogen and oxygen atoms in total. The van der Waals surface area contributed by atoms with Crippen LogP contribution in [0.15, 0.2) is 64.2 Å². The van der Waals surface area contributed by atoms with Gasteiger partial charge in [-0.25, -0.2) is 4.79 Å². The highest BCUT2D eigenvalue weighted by Gasteiger charge is 2.23. The monoisotopic (exact) mass is 408 g/mol. The van der Waals surface area contributed by atoms with Crippen molar-refractivity contribution in [2.75, 3.05) is 24.3 Å². The summed E-state index contributed by atoms with van der Waals surface area (Å²) < 4.78 is 6.39. The molecule has 3 rings (SSSR count). The standard InChI is InChI=1S/C22H24N4O4/c1-3-25(18(27)13-15-9-11-17(30-2)12-10-15)19-20(23)26(22(29)24-21(19)28)14-16-7-5-4-6-8-16/h4-12H,3,13-14,23H2,1-2H3,(H,24,28,29). The van der Waals surface area contributed by atoms with Gasteiger partial charge in [0, 0.05) is 6.54 Å². The number of ether oxygens (including phenoxy) is 1. The van der Waals surface area contributed by atoms with Crippen molar-refractivity contribution < 1.29 is 9.53 Å². The van der Waals surface area contributed by atoms with E-state index in [2.05, 4.69) is 4.98 Å². The lowest BCUT2D eigenvalue weighted by atomic mass is 10.1. The van der Waals surface area contributed by atoms with Crippen molar-refractivity contribution in [3.05, 3.63) is 86.6 Å². The molecule has 1 aromatic heterocycles. The molecule has 8 heteroatoms. The number of benzene rings is 2. The zero-order valence-electron chi connectivity index (χ0n) is 16.9. The maximum Gasteiger partial charge on any atom is 0.330 e. The summed E-state index contributed by atoms with van der Waals surface area (Å²) in [4.78, 5) is 41.4. The number of likely N-dealkylation sites (N-methyl/N-ethyl adjacent to an activating group) is 1. The Morgan fingerprint density at radius 2 is 1.73 bits per heavy atom. The molecule has 0 saturated carbocycles. The van der Waals surface area contributed by atoms with E-state index in [1.54, 1.807) is 38.3 Å². The predicted octanol–water partition coefficient (Wildman–Crippen LogP) is 1.77. The third-order valence-electron chi connectivity index (χ3n) is 4.80. The molecule has 0 unspecified atom stereocenters. The molecule has 0 saturated heterocycles. The molecule has 1 amide bonds. The molecular formula is C22H24N4O4. The highest BCUT2D eigenvalue weighted by molar-refractivity contribution is 5.96. The van der Waals surface area contributed by atoms with Crippen LogP contribution in [0.3, 0.4) is 0 Å². The Bertz CT molecular complexity index is 1130. The number of amides is 1. The Kier molecular flexibility index (Phi) is 6.36. The molecule has 1 heterocycles. The third-order valence-corrected chi connectivity index (χ3v) is 4.80. The Morgan fingerprint density at radius 1 is 1.07 bits per heavy atom. The number of anilines is 2. The van der Waals surface area contributed by atoms with Crippen LogP contribution in [0.5, 0.6) is 5.75 Å². The quantitative estimate of drug-likeness (QED) is 0.619. The van der Waals surface area contributed by atoms with Gasteiger partial charge in [0.15, 0.2) is 5.69 Å². The van der Waals surface area contributed by atoms with E-state index in [4.69, 9.17) is 10.5 Å². The van der Waals surface area contributed by atoms with Crippen LogP contribution in [0, 0.1) is 0 Å². The van der Waals surface area contributed by atoms with Crippen LogP contribution in [-0.4, -0.2) is 29.1 Å². The zero-order chi connectivity index (χ0) is 21.7. The summed E-state index contributed by atoms with van der Waals surface area (Å²) in [5.41, 5.74) is 6.49. The number of carbonyl (C=O) groups is 1. The topological polar surface area (TPSA) is 110 Å². The van der Waals surface area contributed by atoms with Crippen molar-refractivity contribution in [1.82, 2.24) is 9.55 Å². The van der Waals surface area contributed by atoms with Crippen molar-refractivity contribution in [3.8, 4) is 5.75 Å². The summed E-state index contributed by atoms with van der Waals surface area (Å²) in [7, 11) is 1.57. The predicted molar refractivity (Wildman–Crippen MR) is 116 cm³/mol. The summed E-state index contributed by atoms with van der Waals surface area (Å²) in [6, 6.07) is 16.4. The number of nitrogen functional groups attached to an aromatic ring is 1. The molecular weight excluding hydrogens is 384 g/mol. The van der Waals surface area contributed by atoms with Gasteiger partial charge in [-0.05, 0) is 30.2 Å². The summed E-state index contributed by atoms with van der Waals surface area (Å²) in [6.07, 6.45) is 0.0779. The van der Waals surface area contributed by atoms with Gasteiger partial charge in [0.1, 0.15) is 11.6 Å². The second-order valence-electron chi connectivity index (χ2n) is 6.73. The van der Waals surface area contributed by atoms with Gasteiger partial charge in [0.25, 0.3) is 5.56 Å². The number of aromatic amines is 1. The minimum absolute atomic E-state index is 0.0217. The average Bonchev–Trinajstić information content (AvgIpc) is 2.75. The van der Waals surface area contributed by atoms with E-state index >= 15 is 0 Å². The van der Waals surface area contributed by atoms with Gasteiger partial charge in [-0.2, -0.15) is 0 Å². The number of H-pyrrole nitrogens is 1. The molecule has 156 valence electrons. The highest BCUT2D eigenvalue weighted by Crippen LogP contribution is 2.19. The highest BCUT2D eigenvalue weighted by atomic mass is 16.5. The maximum atomic E-state index is 13.0. The normalized spacial score (nSPS) is 10.6. The molecule has 0 bridgehead atoms. The van der Waals surface area contributed by atoms with Crippen molar-refractivity contribution in [2.45, 2.75) is 19.9 Å². The second-order valence-corrected chi connectivity index (χ2v) is 6.73. The van der Waals surface area contributed by atoms with Crippen molar-refractivity contribution in [2.24, 2.45) is 0 Å². The maximum absolute atomic E-state index is 13.0. The Balaban J connectivity index is 1.94. The lowest BCUT2D eigenvalue weighted by Gasteiger charge is -2.23. The van der Waals surface area contributed by atoms with Crippen LogP contribution < -0.4 is 26.6 Å². The van der Waals surface area contributed by atoms with Gasteiger partial charge >= 0.3 is 5.69 Å². The van der Waals surface area contributed by atoms with Gasteiger partial charge in [-0.1, -0.05) is 42.5 Å². The molecule has 30 heavy (non-hydrogen) atoms. The van der Waals surface area contributed by atoms with Crippen molar-refractivity contribution >= 4 is 17.4 Å². The SMILES string of the molecule is CCN(C(=O)Cc1ccc(OC)cc1)c1c(N)n(Cc2ccccc2)c(=O)[nH]c1=O. The van der Waals surface area contributed by atoms with Crippen molar-refractivity contribution in [3.63, 3.8) is 0 Å². The zero-order valence-corrected chi connectivity index (χ0v) is 16.9. The number of rotatable bonds is 7. The van der Waals surface area contributed by atoms with E-state index in [1.165, 1.54) is 9.47 Å². The minimum atomic E-state index is -0.688. The molecule has 3 aromatic rings. The van der Waals surface area contributed by atoms with E-state index < -0.39 is 11.2 Å². The van der Waals surface area contributed by atoms with Gasteiger partial charge in [-0.3, -0.25) is 19.1 Å². The first-order chi connectivity index (χ1) is 14.4. The Morgan fingerprint density at radius 3 is 2.33 bits per heavy atom. The van der Waals surface area contributed by atoms with Crippen LogP contribution in [0.2, 0.25) is 0 Å². The van der Waals surface area contributed by atoms with E-state index in [1.807, 2.05) is 30.3 Å². The van der Waals surface area contributed by atoms with Gasteiger partial charge < -0.3 is 15.4 Å². The van der Waals surface area contributed by atoms with Gasteiger partial charge in [0.2, 0.25) is 5.91 Å². The number of nitrogens with zero attached hydrogens (tertiary/aromatic N) is 2. The first-order valence-corrected chi connectivity index (χ1v) is 9.54. The number of nitrogens with one attached hydrogen (secondary N) is 1. The van der Waals surface area contributed by atoms with Gasteiger partial charge in [0.05, 0.1) is 20.1 Å². The van der Waals surface area contributed by atoms with E-state index in [9.17, 15) is 14.4 Å². The second kappa shape index (κ2) is 9.13. The first-order valence-electron chi connectivity index (χ1n) is 9.54. The van der Waals surface area contributed by atoms with E-state index in [0.717, 1.165) is 11.1 Å². The average molecular weight is 408 g/mol. The number of hydrogen-bond acceptors (Lipinski definition) is 5. The van der Waals surface area contributed by atoms with Crippen LogP contribution in [0.1, 0.15) is 18.1 Å². The van der Waals surface area contributed by atoms with E-state index in [-0.39, 0.29) is 36.9 Å². The molecule has 0 fully saturated rings. The van der Waals surface area contributed by atoms with Crippen LogP contribution in [0.25, 0.3) is 0 Å². The minimum Gasteiger partial charge on any atom is -0.497 e. The molecule has 0 atom stereocenters. The van der Waals surface area contributed by atoms with Gasteiger partial charge in [-0.15, -0.1) is 0 Å². The Hall–Kier alpha value is -3.81. The van der Waals surface area contributed by atoms with Crippen molar-refractivity contribution in [1.29, 1.82) is 0 Å². The molecule has 2 aromatic carbocycles. The molecule has 0 aliphatic rings. The summed E-state index contributed by atoms with van der Waals surface area (Å²) in [5, 5.41) is 0.